The van der Waals surface area contributed by atoms with E-state index in [-0.39, 0.29) is 5.92 Å². The number of piperidine rings is 1. The van der Waals surface area contributed by atoms with Crippen LogP contribution >= 0.6 is 0 Å². The summed E-state index contributed by atoms with van der Waals surface area (Å²) in [4.78, 5) is 12.9. The molecular weight excluding hydrogens is 192 g/mol. The van der Waals surface area contributed by atoms with Crippen LogP contribution in [0.15, 0.2) is 0 Å². The van der Waals surface area contributed by atoms with Gasteiger partial charge in [0.2, 0.25) is 0 Å². The van der Waals surface area contributed by atoms with Gasteiger partial charge in [-0.2, -0.15) is 0 Å². The average Bonchev–Trinajstić information content (AvgIpc) is 2.20. The first-order chi connectivity index (χ1) is 7.09. The second kappa shape index (κ2) is 6.08. The lowest BCUT2D eigenvalue weighted by Crippen LogP contribution is -2.41. The Balaban J connectivity index is 2.07. The van der Waals surface area contributed by atoms with Crippen LogP contribution in [-0.2, 0) is 4.79 Å². The van der Waals surface area contributed by atoms with E-state index in [2.05, 4.69) is 17.3 Å². The molecule has 15 heavy (non-hydrogen) atoms. The van der Waals surface area contributed by atoms with E-state index >= 15 is 0 Å². The molecule has 1 aliphatic heterocycles. The largest absolute Gasteiger partial charge is 0.481 e. The molecule has 0 amide bonds. The zero-order valence-corrected chi connectivity index (χ0v) is 9.70. The Morgan fingerprint density at radius 1 is 1.53 bits per heavy atom. The minimum Gasteiger partial charge on any atom is -0.481 e. The number of carboxylic acids is 1. The number of nitrogens with zero attached hydrogens (tertiary/aromatic N) is 1. The molecule has 1 aliphatic rings. The topological polar surface area (TPSA) is 52.6 Å². The molecule has 1 rings (SSSR count). The van der Waals surface area contributed by atoms with Gasteiger partial charge < -0.3 is 15.3 Å². The van der Waals surface area contributed by atoms with Crippen molar-refractivity contribution < 1.29 is 9.90 Å². The van der Waals surface area contributed by atoms with E-state index in [0.717, 1.165) is 26.1 Å². The van der Waals surface area contributed by atoms with E-state index in [1.54, 1.807) is 6.92 Å². The Labute approximate surface area is 91.6 Å². The first kappa shape index (κ1) is 12.5. The van der Waals surface area contributed by atoms with Crippen LogP contribution < -0.4 is 5.32 Å². The number of hydrogen-bond acceptors (Lipinski definition) is 3. The van der Waals surface area contributed by atoms with E-state index in [1.807, 2.05) is 0 Å². The quantitative estimate of drug-likeness (QED) is 0.710. The SMILES string of the molecule is CC(CCNC1CCN(C)CC1)C(=O)O. The summed E-state index contributed by atoms with van der Waals surface area (Å²) < 4.78 is 0. The molecule has 0 aromatic rings. The van der Waals surface area contributed by atoms with E-state index in [9.17, 15) is 4.79 Å². The fourth-order valence-electron chi connectivity index (χ4n) is 1.84. The summed E-state index contributed by atoms with van der Waals surface area (Å²) in [5.41, 5.74) is 0. The summed E-state index contributed by atoms with van der Waals surface area (Å²) in [7, 11) is 2.14. The molecule has 1 heterocycles. The van der Waals surface area contributed by atoms with Crippen molar-refractivity contribution in [3.63, 3.8) is 0 Å². The lowest BCUT2D eigenvalue weighted by Gasteiger charge is -2.29. The van der Waals surface area contributed by atoms with Crippen LogP contribution in [-0.4, -0.2) is 48.7 Å². The van der Waals surface area contributed by atoms with Gasteiger partial charge in [0.25, 0.3) is 0 Å². The lowest BCUT2D eigenvalue weighted by molar-refractivity contribution is -0.141. The molecule has 0 aromatic carbocycles. The van der Waals surface area contributed by atoms with Crippen LogP contribution in [0.25, 0.3) is 0 Å². The predicted molar refractivity (Wildman–Crippen MR) is 59.9 cm³/mol. The highest BCUT2D eigenvalue weighted by Gasteiger charge is 2.16. The third-order valence-electron chi connectivity index (χ3n) is 3.15. The second-order valence-corrected chi connectivity index (χ2v) is 4.56. The highest BCUT2D eigenvalue weighted by Crippen LogP contribution is 2.08. The second-order valence-electron chi connectivity index (χ2n) is 4.56. The Morgan fingerprint density at radius 2 is 2.13 bits per heavy atom. The highest BCUT2D eigenvalue weighted by atomic mass is 16.4. The van der Waals surface area contributed by atoms with Crippen LogP contribution in [0, 0.1) is 5.92 Å². The summed E-state index contributed by atoms with van der Waals surface area (Å²) in [5, 5.41) is 12.2. The zero-order chi connectivity index (χ0) is 11.3. The Hall–Kier alpha value is -0.610. The number of nitrogens with one attached hydrogen (secondary N) is 1. The smallest absolute Gasteiger partial charge is 0.306 e. The van der Waals surface area contributed by atoms with Gasteiger partial charge in [-0.25, -0.2) is 0 Å². The van der Waals surface area contributed by atoms with Gasteiger partial charge in [-0.1, -0.05) is 6.92 Å². The summed E-state index contributed by atoms with van der Waals surface area (Å²) in [5.74, 6) is -0.927. The molecule has 1 saturated heterocycles. The highest BCUT2D eigenvalue weighted by molar-refractivity contribution is 5.69. The molecule has 2 N–H and O–H groups in total. The number of carboxylic acid groups (broad SMARTS) is 1. The van der Waals surface area contributed by atoms with Crippen molar-refractivity contribution in [2.45, 2.75) is 32.2 Å². The molecule has 0 aromatic heterocycles. The van der Waals surface area contributed by atoms with Gasteiger partial charge in [0.15, 0.2) is 0 Å². The van der Waals surface area contributed by atoms with Crippen molar-refractivity contribution in [2.24, 2.45) is 5.92 Å². The van der Waals surface area contributed by atoms with Gasteiger partial charge in [-0.3, -0.25) is 4.79 Å². The number of likely N-dealkylation sites (tertiary alicyclic amines) is 1. The minimum atomic E-state index is -0.694. The standard InChI is InChI=1S/C11H22N2O2/c1-9(11(14)15)3-6-12-10-4-7-13(2)8-5-10/h9-10,12H,3-8H2,1-2H3,(H,14,15). The molecule has 1 atom stereocenters. The maximum Gasteiger partial charge on any atom is 0.306 e. The van der Waals surface area contributed by atoms with E-state index in [0.29, 0.717) is 6.04 Å². The molecule has 0 radical (unpaired) electrons. The number of rotatable bonds is 5. The lowest BCUT2D eigenvalue weighted by atomic mass is 10.0. The van der Waals surface area contributed by atoms with Crippen molar-refractivity contribution in [3.8, 4) is 0 Å². The van der Waals surface area contributed by atoms with Gasteiger partial charge in [-0.05, 0) is 45.9 Å². The number of carbonyl (C=O) groups is 1. The summed E-state index contributed by atoms with van der Waals surface area (Å²) in [6, 6.07) is 0.585. The van der Waals surface area contributed by atoms with Crippen LogP contribution in [0.4, 0.5) is 0 Å². The molecule has 4 nitrogen and oxygen atoms in total. The number of hydrogen-bond donors (Lipinski definition) is 2. The predicted octanol–water partition coefficient (Wildman–Crippen LogP) is 0.781. The average molecular weight is 214 g/mol. The Bertz CT molecular complexity index is 201. The van der Waals surface area contributed by atoms with Gasteiger partial charge in [0, 0.05) is 6.04 Å². The van der Waals surface area contributed by atoms with Crippen LogP contribution in [0.5, 0.6) is 0 Å². The Kier molecular flexibility index (Phi) is 5.05. The number of aliphatic carboxylic acids is 1. The molecule has 0 aliphatic carbocycles. The summed E-state index contributed by atoms with van der Waals surface area (Å²) in [6.45, 7) is 4.87. The van der Waals surface area contributed by atoms with Gasteiger partial charge in [-0.15, -0.1) is 0 Å². The van der Waals surface area contributed by atoms with Gasteiger partial charge in [0.05, 0.1) is 5.92 Å². The minimum absolute atomic E-state index is 0.233. The van der Waals surface area contributed by atoms with Crippen LogP contribution in [0.2, 0.25) is 0 Å². The molecule has 88 valence electrons. The summed E-state index contributed by atoms with van der Waals surface area (Å²) in [6.07, 6.45) is 3.08. The molecule has 1 unspecified atom stereocenters. The fraction of sp³-hybridized carbons (Fsp3) is 0.909. The molecule has 1 fully saturated rings. The van der Waals surface area contributed by atoms with Crippen molar-refractivity contribution in [1.82, 2.24) is 10.2 Å². The molecular formula is C11H22N2O2. The third kappa shape index (κ3) is 4.62. The van der Waals surface area contributed by atoms with Crippen molar-refractivity contribution in [2.75, 3.05) is 26.7 Å². The first-order valence-electron chi connectivity index (χ1n) is 5.74. The first-order valence-corrected chi connectivity index (χ1v) is 5.74. The fourth-order valence-corrected chi connectivity index (χ4v) is 1.84. The van der Waals surface area contributed by atoms with Crippen molar-refractivity contribution in [1.29, 1.82) is 0 Å². The maximum atomic E-state index is 10.6. The molecule has 0 bridgehead atoms. The molecule has 4 heteroatoms. The van der Waals surface area contributed by atoms with Crippen LogP contribution in [0.3, 0.4) is 0 Å². The normalized spacial score (nSPS) is 21.5. The van der Waals surface area contributed by atoms with E-state index in [1.165, 1.54) is 12.8 Å². The zero-order valence-electron chi connectivity index (χ0n) is 9.70. The molecule has 0 saturated carbocycles. The van der Waals surface area contributed by atoms with Gasteiger partial charge in [0.1, 0.15) is 0 Å². The monoisotopic (exact) mass is 214 g/mol. The van der Waals surface area contributed by atoms with E-state index < -0.39 is 5.97 Å². The maximum absolute atomic E-state index is 10.6. The van der Waals surface area contributed by atoms with Crippen LogP contribution in [0.1, 0.15) is 26.2 Å². The summed E-state index contributed by atoms with van der Waals surface area (Å²) >= 11 is 0. The third-order valence-corrected chi connectivity index (χ3v) is 3.15. The van der Waals surface area contributed by atoms with Gasteiger partial charge >= 0.3 is 5.97 Å². The van der Waals surface area contributed by atoms with Crippen molar-refractivity contribution in [3.05, 3.63) is 0 Å². The molecule has 0 spiro atoms. The van der Waals surface area contributed by atoms with Crippen molar-refractivity contribution >= 4 is 5.97 Å². The Morgan fingerprint density at radius 3 is 2.67 bits per heavy atom. The van der Waals surface area contributed by atoms with E-state index in [4.69, 9.17) is 5.11 Å².